The molecule has 1 unspecified atom stereocenters. The van der Waals surface area contributed by atoms with Crippen LogP contribution < -0.4 is 0 Å². The van der Waals surface area contributed by atoms with Gasteiger partial charge in [-0.2, -0.15) is 0 Å². The smallest absolute Gasteiger partial charge is 0.101 e. The van der Waals surface area contributed by atoms with Crippen LogP contribution in [0.25, 0.3) is 0 Å². The molecule has 0 saturated carbocycles. The Labute approximate surface area is 152 Å². The summed E-state index contributed by atoms with van der Waals surface area (Å²) in [6.45, 7) is 9.27. The standard InChI is InChI=1S/C22H44N2/c1-4-7-9-11-13-14-16-18-22-23(6-3)20-21-24(22)19-17-15-12-10-8-5-2/h20-22H,4-19H2,1-3H3. The molecule has 0 aromatic carbocycles. The molecule has 0 aliphatic carbocycles. The fraction of sp³-hybridized carbons (Fsp3) is 0.909. The van der Waals surface area contributed by atoms with Crippen molar-refractivity contribution in [1.82, 2.24) is 9.80 Å². The van der Waals surface area contributed by atoms with E-state index in [1.807, 2.05) is 0 Å². The molecule has 2 heteroatoms. The van der Waals surface area contributed by atoms with Crippen LogP contribution in [0.3, 0.4) is 0 Å². The monoisotopic (exact) mass is 336 g/mol. The lowest BCUT2D eigenvalue weighted by atomic mass is 10.1. The van der Waals surface area contributed by atoms with E-state index in [-0.39, 0.29) is 0 Å². The first-order valence-corrected chi connectivity index (χ1v) is 11.0. The van der Waals surface area contributed by atoms with Crippen molar-refractivity contribution in [1.29, 1.82) is 0 Å². The molecule has 1 heterocycles. The van der Waals surface area contributed by atoms with Crippen molar-refractivity contribution in [2.75, 3.05) is 13.1 Å². The minimum atomic E-state index is 0.640. The lowest BCUT2D eigenvalue weighted by Crippen LogP contribution is -2.38. The zero-order valence-corrected chi connectivity index (χ0v) is 16.9. The summed E-state index contributed by atoms with van der Waals surface area (Å²) in [7, 11) is 0. The van der Waals surface area contributed by atoms with Gasteiger partial charge in [-0.3, -0.25) is 0 Å². The van der Waals surface area contributed by atoms with Crippen LogP contribution in [0.2, 0.25) is 0 Å². The molecule has 0 bridgehead atoms. The normalized spacial score (nSPS) is 17.2. The molecule has 0 amide bonds. The minimum Gasteiger partial charge on any atom is -0.356 e. The van der Waals surface area contributed by atoms with E-state index in [0.29, 0.717) is 6.17 Å². The van der Waals surface area contributed by atoms with Crippen LogP contribution in [-0.2, 0) is 0 Å². The summed E-state index contributed by atoms with van der Waals surface area (Å²) < 4.78 is 0. The fourth-order valence-electron chi connectivity index (χ4n) is 3.79. The molecule has 1 aliphatic rings. The second kappa shape index (κ2) is 14.7. The zero-order valence-electron chi connectivity index (χ0n) is 16.9. The molecule has 0 aromatic rings. The molecule has 0 N–H and O–H groups in total. The second-order valence-corrected chi connectivity index (χ2v) is 7.52. The minimum absolute atomic E-state index is 0.640. The average molecular weight is 337 g/mol. The molecule has 0 spiro atoms. The summed E-state index contributed by atoms with van der Waals surface area (Å²) in [5.41, 5.74) is 0. The van der Waals surface area contributed by atoms with E-state index in [1.165, 1.54) is 96.4 Å². The van der Waals surface area contributed by atoms with Crippen molar-refractivity contribution in [3.05, 3.63) is 12.4 Å². The Morgan fingerprint density at radius 3 is 1.67 bits per heavy atom. The van der Waals surface area contributed by atoms with E-state index < -0.39 is 0 Å². The van der Waals surface area contributed by atoms with Gasteiger partial charge in [-0.15, -0.1) is 0 Å². The quantitative estimate of drug-likeness (QED) is 0.282. The SMILES string of the molecule is CCCCCCCCCC1N(CC)C=CN1CCCCCCCC. The number of unbranched alkanes of at least 4 members (excludes halogenated alkanes) is 11. The molecule has 0 saturated heterocycles. The van der Waals surface area contributed by atoms with Crippen LogP contribution in [0.15, 0.2) is 12.4 Å². The van der Waals surface area contributed by atoms with E-state index in [1.54, 1.807) is 0 Å². The van der Waals surface area contributed by atoms with Gasteiger partial charge in [0.25, 0.3) is 0 Å². The highest BCUT2D eigenvalue weighted by Crippen LogP contribution is 2.22. The van der Waals surface area contributed by atoms with Crippen molar-refractivity contribution < 1.29 is 0 Å². The third-order valence-corrected chi connectivity index (χ3v) is 5.42. The van der Waals surface area contributed by atoms with E-state index in [9.17, 15) is 0 Å². The van der Waals surface area contributed by atoms with Gasteiger partial charge >= 0.3 is 0 Å². The summed E-state index contributed by atoms with van der Waals surface area (Å²) >= 11 is 0. The molecular formula is C22H44N2. The number of rotatable bonds is 16. The highest BCUT2D eigenvalue weighted by molar-refractivity contribution is 4.96. The van der Waals surface area contributed by atoms with E-state index in [2.05, 4.69) is 43.0 Å². The maximum absolute atomic E-state index is 2.61. The molecule has 2 nitrogen and oxygen atoms in total. The summed E-state index contributed by atoms with van der Waals surface area (Å²) in [6, 6.07) is 0. The summed E-state index contributed by atoms with van der Waals surface area (Å²) in [6.07, 6.45) is 24.9. The van der Waals surface area contributed by atoms with E-state index in [0.717, 1.165) is 6.54 Å². The Balaban J connectivity index is 2.15. The van der Waals surface area contributed by atoms with Crippen molar-refractivity contribution in [2.24, 2.45) is 0 Å². The van der Waals surface area contributed by atoms with Crippen LogP contribution in [0.4, 0.5) is 0 Å². The van der Waals surface area contributed by atoms with Crippen molar-refractivity contribution in [3.63, 3.8) is 0 Å². The van der Waals surface area contributed by atoms with Gasteiger partial charge < -0.3 is 9.80 Å². The van der Waals surface area contributed by atoms with Crippen LogP contribution in [-0.4, -0.2) is 29.1 Å². The van der Waals surface area contributed by atoms with E-state index in [4.69, 9.17) is 0 Å². The molecule has 0 aromatic heterocycles. The van der Waals surface area contributed by atoms with Gasteiger partial charge in [-0.25, -0.2) is 0 Å². The Morgan fingerprint density at radius 2 is 1.08 bits per heavy atom. The van der Waals surface area contributed by atoms with Gasteiger partial charge in [-0.05, 0) is 26.2 Å². The molecule has 24 heavy (non-hydrogen) atoms. The lowest BCUT2D eigenvalue weighted by Gasteiger charge is -2.32. The number of hydrogen-bond donors (Lipinski definition) is 0. The van der Waals surface area contributed by atoms with Gasteiger partial charge in [0.1, 0.15) is 6.17 Å². The first-order chi connectivity index (χ1) is 11.8. The average Bonchev–Trinajstić information content (AvgIpc) is 2.99. The number of hydrogen-bond acceptors (Lipinski definition) is 2. The molecule has 1 rings (SSSR count). The van der Waals surface area contributed by atoms with Crippen LogP contribution in [0.1, 0.15) is 111 Å². The highest BCUT2D eigenvalue weighted by Gasteiger charge is 2.23. The topological polar surface area (TPSA) is 6.48 Å². The molecule has 1 atom stereocenters. The molecule has 1 aliphatic heterocycles. The van der Waals surface area contributed by atoms with E-state index >= 15 is 0 Å². The second-order valence-electron chi connectivity index (χ2n) is 7.52. The molecule has 142 valence electrons. The molecule has 0 fully saturated rings. The van der Waals surface area contributed by atoms with Gasteiger partial charge in [-0.1, -0.05) is 84.5 Å². The third-order valence-electron chi connectivity index (χ3n) is 5.42. The maximum atomic E-state index is 2.61. The number of nitrogens with zero attached hydrogens (tertiary/aromatic N) is 2. The predicted molar refractivity (Wildman–Crippen MR) is 108 cm³/mol. The van der Waals surface area contributed by atoms with Crippen LogP contribution in [0, 0.1) is 0 Å². The molecule has 0 radical (unpaired) electrons. The lowest BCUT2D eigenvalue weighted by molar-refractivity contribution is 0.142. The Hall–Kier alpha value is -0.660. The third kappa shape index (κ3) is 8.99. The predicted octanol–water partition coefficient (Wildman–Crippen LogP) is 6.92. The Bertz CT molecular complexity index is 300. The molecular weight excluding hydrogens is 292 g/mol. The van der Waals surface area contributed by atoms with Crippen LogP contribution >= 0.6 is 0 Å². The van der Waals surface area contributed by atoms with Gasteiger partial charge in [0.15, 0.2) is 0 Å². The summed E-state index contributed by atoms with van der Waals surface area (Å²) in [5, 5.41) is 0. The Morgan fingerprint density at radius 1 is 0.583 bits per heavy atom. The first-order valence-electron chi connectivity index (χ1n) is 11.0. The van der Waals surface area contributed by atoms with Gasteiger partial charge in [0.05, 0.1) is 0 Å². The van der Waals surface area contributed by atoms with Gasteiger partial charge in [0, 0.05) is 25.5 Å². The van der Waals surface area contributed by atoms with Crippen molar-refractivity contribution >= 4 is 0 Å². The highest BCUT2D eigenvalue weighted by atomic mass is 15.4. The van der Waals surface area contributed by atoms with Crippen LogP contribution in [0.5, 0.6) is 0 Å². The first kappa shape index (κ1) is 21.4. The Kier molecular flexibility index (Phi) is 13.1. The van der Waals surface area contributed by atoms with Gasteiger partial charge in [0.2, 0.25) is 0 Å². The largest absolute Gasteiger partial charge is 0.356 e. The fourth-order valence-corrected chi connectivity index (χ4v) is 3.79. The van der Waals surface area contributed by atoms with Crippen molar-refractivity contribution in [2.45, 2.75) is 117 Å². The summed E-state index contributed by atoms with van der Waals surface area (Å²) in [5.74, 6) is 0. The zero-order chi connectivity index (χ0) is 17.5. The van der Waals surface area contributed by atoms with Crippen molar-refractivity contribution in [3.8, 4) is 0 Å². The maximum Gasteiger partial charge on any atom is 0.101 e. The summed E-state index contributed by atoms with van der Waals surface area (Å²) in [4.78, 5) is 5.15.